The number of carbonyl (C=O) groups excluding carboxylic acids is 2. The normalized spacial score (nSPS) is 10.6. The van der Waals surface area contributed by atoms with E-state index >= 15 is 0 Å². The van der Waals surface area contributed by atoms with E-state index in [4.69, 9.17) is 0 Å². The van der Waals surface area contributed by atoms with Crippen LogP contribution in [0, 0.1) is 20.8 Å². The van der Waals surface area contributed by atoms with Gasteiger partial charge >= 0.3 is 0 Å². The molecule has 0 unspecified atom stereocenters. The standard InChI is InChI=1S/C21H26N2O2/c1-13(2)17-8-6-7-16(5)21(17)23-20(25)12-19(24)22-18-11-14(3)9-10-15(18)4/h6-11,13H,12H2,1-5H3,(H,22,24)(H,23,25). The lowest BCUT2D eigenvalue weighted by Gasteiger charge is -2.16. The Morgan fingerprint density at radius 1 is 0.920 bits per heavy atom. The molecule has 0 bridgehead atoms. The average molecular weight is 338 g/mol. The van der Waals surface area contributed by atoms with Gasteiger partial charge in [0.1, 0.15) is 6.42 Å². The third-order valence-electron chi connectivity index (χ3n) is 4.18. The van der Waals surface area contributed by atoms with Crippen LogP contribution in [0.15, 0.2) is 36.4 Å². The quantitative estimate of drug-likeness (QED) is 0.776. The van der Waals surface area contributed by atoms with Gasteiger partial charge in [0.15, 0.2) is 0 Å². The van der Waals surface area contributed by atoms with E-state index in [1.54, 1.807) is 0 Å². The van der Waals surface area contributed by atoms with E-state index in [-0.39, 0.29) is 18.2 Å². The van der Waals surface area contributed by atoms with Gasteiger partial charge in [-0.25, -0.2) is 0 Å². The van der Waals surface area contributed by atoms with Crippen LogP contribution in [0.5, 0.6) is 0 Å². The van der Waals surface area contributed by atoms with E-state index in [1.807, 2.05) is 57.2 Å². The van der Waals surface area contributed by atoms with Crippen LogP contribution in [0.1, 0.15) is 48.4 Å². The molecule has 25 heavy (non-hydrogen) atoms. The lowest BCUT2D eigenvalue weighted by molar-refractivity contribution is -0.123. The third-order valence-corrected chi connectivity index (χ3v) is 4.18. The van der Waals surface area contributed by atoms with Gasteiger partial charge in [-0.15, -0.1) is 0 Å². The smallest absolute Gasteiger partial charge is 0.233 e. The molecule has 0 aliphatic rings. The second kappa shape index (κ2) is 7.97. The molecule has 0 atom stereocenters. The fourth-order valence-corrected chi connectivity index (χ4v) is 2.74. The van der Waals surface area contributed by atoms with Crippen LogP contribution < -0.4 is 10.6 Å². The summed E-state index contributed by atoms with van der Waals surface area (Å²) in [6.45, 7) is 10.0. The van der Waals surface area contributed by atoms with Crippen LogP contribution in [0.25, 0.3) is 0 Å². The fraction of sp³-hybridized carbons (Fsp3) is 0.333. The van der Waals surface area contributed by atoms with Gasteiger partial charge in [0, 0.05) is 11.4 Å². The van der Waals surface area contributed by atoms with Crippen molar-refractivity contribution in [3.05, 3.63) is 58.7 Å². The number of hydrogen-bond acceptors (Lipinski definition) is 2. The highest BCUT2D eigenvalue weighted by molar-refractivity contribution is 6.08. The maximum absolute atomic E-state index is 12.3. The number of carbonyl (C=O) groups is 2. The summed E-state index contributed by atoms with van der Waals surface area (Å²) in [5.74, 6) is -0.330. The van der Waals surface area contributed by atoms with Gasteiger partial charge < -0.3 is 10.6 Å². The van der Waals surface area contributed by atoms with Gasteiger partial charge in [-0.2, -0.15) is 0 Å². The molecule has 2 N–H and O–H groups in total. The number of para-hydroxylation sites is 1. The van der Waals surface area contributed by atoms with Crippen LogP contribution >= 0.6 is 0 Å². The molecule has 2 amide bonds. The predicted molar refractivity (Wildman–Crippen MR) is 103 cm³/mol. The summed E-state index contributed by atoms with van der Waals surface area (Å²) >= 11 is 0. The van der Waals surface area contributed by atoms with Crippen LogP contribution in [0.2, 0.25) is 0 Å². The minimum atomic E-state index is -0.314. The molecule has 0 radical (unpaired) electrons. The van der Waals surface area contributed by atoms with Crippen molar-refractivity contribution in [2.45, 2.75) is 47.0 Å². The highest BCUT2D eigenvalue weighted by atomic mass is 16.2. The predicted octanol–water partition coefficient (Wildman–Crippen LogP) is 4.70. The lowest BCUT2D eigenvalue weighted by atomic mass is 9.98. The third kappa shape index (κ3) is 4.92. The van der Waals surface area contributed by atoms with Crippen molar-refractivity contribution in [2.24, 2.45) is 0 Å². The summed E-state index contributed by atoms with van der Waals surface area (Å²) in [6.07, 6.45) is -0.209. The first-order valence-corrected chi connectivity index (χ1v) is 8.54. The zero-order chi connectivity index (χ0) is 18.6. The Labute approximate surface area is 149 Å². The highest BCUT2D eigenvalue weighted by Gasteiger charge is 2.15. The zero-order valence-corrected chi connectivity index (χ0v) is 15.6. The van der Waals surface area contributed by atoms with Crippen molar-refractivity contribution in [1.29, 1.82) is 0 Å². The number of nitrogens with one attached hydrogen (secondary N) is 2. The van der Waals surface area contributed by atoms with Crippen molar-refractivity contribution in [3.63, 3.8) is 0 Å². The average Bonchev–Trinajstić information content (AvgIpc) is 2.52. The molecule has 2 aromatic carbocycles. The van der Waals surface area contributed by atoms with Gasteiger partial charge in [-0.05, 0) is 55.0 Å². The molecular formula is C21H26N2O2. The minimum Gasteiger partial charge on any atom is -0.325 e. The summed E-state index contributed by atoms with van der Waals surface area (Å²) < 4.78 is 0. The second-order valence-corrected chi connectivity index (χ2v) is 6.79. The molecule has 0 heterocycles. The summed E-state index contributed by atoms with van der Waals surface area (Å²) in [7, 11) is 0. The van der Waals surface area contributed by atoms with Crippen LogP contribution in [0.4, 0.5) is 11.4 Å². The highest BCUT2D eigenvalue weighted by Crippen LogP contribution is 2.27. The minimum absolute atomic E-state index is 0.209. The first-order valence-electron chi connectivity index (χ1n) is 8.54. The maximum Gasteiger partial charge on any atom is 0.233 e. The van der Waals surface area contributed by atoms with Crippen molar-refractivity contribution in [3.8, 4) is 0 Å². The summed E-state index contributed by atoms with van der Waals surface area (Å²) in [6, 6.07) is 11.8. The molecule has 4 heteroatoms. The van der Waals surface area contributed by atoms with Gasteiger partial charge in [-0.3, -0.25) is 9.59 Å². The largest absolute Gasteiger partial charge is 0.325 e. The van der Waals surface area contributed by atoms with E-state index < -0.39 is 0 Å². The van der Waals surface area contributed by atoms with E-state index in [0.717, 1.165) is 33.6 Å². The molecule has 0 saturated carbocycles. The topological polar surface area (TPSA) is 58.2 Å². The molecule has 132 valence electrons. The van der Waals surface area contributed by atoms with Gasteiger partial charge in [0.05, 0.1) is 0 Å². The number of anilines is 2. The van der Waals surface area contributed by atoms with Gasteiger partial charge in [0.25, 0.3) is 0 Å². The lowest BCUT2D eigenvalue weighted by Crippen LogP contribution is -2.22. The second-order valence-electron chi connectivity index (χ2n) is 6.79. The Morgan fingerprint density at radius 2 is 1.60 bits per heavy atom. The van der Waals surface area contributed by atoms with Crippen molar-refractivity contribution >= 4 is 23.2 Å². The van der Waals surface area contributed by atoms with E-state index in [1.165, 1.54) is 0 Å². The van der Waals surface area contributed by atoms with Crippen molar-refractivity contribution in [2.75, 3.05) is 10.6 Å². The number of aryl methyl sites for hydroxylation is 3. The Kier molecular flexibility index (Phi) is 5.97. The van der Waals surface area contributed by atoms with Gasteiger partial charge in [0.2, 0.25) is 11.8 Å². The molecule has 2 rings (SSSR count). The molecular weight excluding hydrogens is 312 g/mol. The summed E-state index contributed by atoms with van der Waals surface area (Å²) in [5, 5.41) is 5.72. The molecule has 0 aliphatic carbocycles. The Morgan fingerprint density at radius 3 is 2.28 bits per heavy atom. The molecule has 0 aliphatic heterocycles. The number of hydrogen-bond donors (Lipinski definition) is 2. The fourth-order valence-electron chi connectivity index (χ4n) is 2.74. The number of benzene rings is 2. The summed E-state index contributed by atoms with van der Waals surface area (Å²) in [5.41, 5.74) is 5.66. The monoisotopic (exact) mass is 338 g/mol. The zero-order valence-electron chi connectivity index (χ0n) is 15.6. The van der Waals surface area contributed by atoms with E-state index in [0.29, 0.717) is 5.92 Å². The Balaban J connectivity index is 2.06. The number of amides is 2. The molecule has 0 saturated heterocycles. The van der Waals surface area contributed by atoms with E-state index in [9.17, 15) is 9.59 Å². The van der Waals surface area contributed by atoms with Gasteiger partial charge in [-0.1, -0.05) is 44.2 Å². The van der Waals surface area contributed by atoms with Crippen LogP contribution in [-0.2, 0) is 9.59 Å². The first kappa shape index (κ1) is 18.7. The van der Waals surface area contributed by atoms with Crippen LogP contribution in [0.3, 0.4) is 0 Å². The van der Waals surface area contributed by atoms with Crippen molar-refractivity contribution in [1.82, 2.24) is 0 Å². The Hall–Kier alpha value is -2.62. The van der Waals surface area contributed by atoms with Crippen molar-refractivity contribution < 1.29 is 9.59 Å². The summed E-state index contributed by atoms with van der Waals surface area (Å²) in [4.78, 5) is 24.5. The van der Waals surface area contributed by atoms with Crippen LogP contribution in [-0.4, -0.2) is 11.8 Å². The Bertz CT molecular complexity index is 794. The number of rotatable bonds is 5. The SMILES string of the molecule is Cc1ccc(C)c(NC(=O)CC(=O)Nc2c(C)cccc2C(C)C)c1. The maximum atomic E-state index is 12.3. The molecule has 0 aromatic heterocycles. The molecule has 0 spiro atoms. The van der Waals surface area contributed by atoms with E-state index in [2.05, 4.69) is 24.5 Å². The molecule has 0 fully saturated rings. The molecule has 2 aromatic rings. The molecule has 4 nitrogen and oxygen atoms in total. The first-order chi connectivity index (χ1) is 11.8.